The Morgan fingerprint density at radius 3 is 1.98 bits per heavy atom. The van der Waals surface area contributed by atoms with Gasteiger partial charge in [0.05, 0.1) is 22.0 Å². The van der Waals surface area contributed by atoms with Crippen LogP contribution < -0.4 is 9.62 Å². The fourth-order valence-electron chi connectivity index (χ4n) is 4.14. The summed E-state index contributed by atoms with van der Waals surface area (Å²) in [6, 6.07) is 17.6. The Morgan fingerprint density at radius 1 is 0.854 bits per heavy atom. The fourth-order valence-corrected chi connectivity index (χ4v) is 5.96. The van der Waals surface area contributed by atoms with E-state index in [1.807, 2.05) is 51.1 Å². The molecule has 0 fully saturated rings. The lowest BCUT2D eigenvalue weighted by atomic mass is 10.0. The summed E-state index contributed by atoms with van der Waals surface area (Å²) in [6.45, 7) is 4.67. The van der Waals surface area contributed by atoms with Gasteiger partial charge in [-0.25, -0.2) is 8.42 Å². The minimum absolute atomic E-state index is 0.0283. The lowest BCUT2D eigenvalue weighted by Crippen LogP contribution is -2.56. The van der Waals surface area contributed by atoms with E-state index >= 15 is 0 Å². The van der Waals surface area contributed by atoms with Gasteiger partial charge in [0, 0.05) is 34.1 Å². The number of amides is 2. The summed E-state index contributed by atoms with van der Waals surface area (Å²) in [5.74, 6) is -1.10. The Balaban J connectivity index is 2.15. The molecule has 0 aliphatic heterocycles. The van der Waals surface area contributed by atoms with Crippen LogP contribution in [0.25, 0.3) is 0 Å². The van der Waals surface area contributed by atoms with Crippen LogP contribution in [0.15, 0.2) is 66.7 Å². The highest BCUT2D eigenvalue weighted by molar-refractivity contribution is 7.92. The summed E-state index contributed by atoms with van der Waals surface area (Å²) in [7, 11) is -4.02. The molecule has 3 rings (SSSR count). The maximum absolute atomic E-state index is 14.2. The van der Waals surface area contributed by atoms with Crippen molar-refractivity contribution < 1.29 is 18.0 Å². The van der Waals surface area contributed by atoms with Crippen LogP contribution in [0.3, 0.4) is 0 Å². The van der Waals surface area contributed by atoms with Gasteiger partial charge >= 0.3 is 0 Å². The molecule has 0 radical (unpaired) electrons. The smallest absolute Gasteiger partial charge is 0.244 e. The second-order valence-corrected chi connectivity index (χ2v) is 14.0. The van der Waals surface area contributed by atoms with Crippen molar-refractivity contribution in [1.82, 2.24) is 10.2 Å². The van der Waals surface area contributed by atoms with Gasteiger partial charge in [0.25, 0.3) is 0 Å². The zero-order valence-electron chi connectivity index (χ0n) is 23.0. The molecule has 3 aromatic carbocycles. The molecule has 0 bridgehead atoms. The molecular formula is C29H31Cl4N3O4S. The van der Waals surface area contributed by atoms with Crippen LogP contribution in [0.1, 0.15) is 31.9 Å². The summed E-state index contributed by atoms with van der Waals surface area (Å²) in [6.07, 6.45) is 1.11. The van der Waals surface area contributed by atoms with Crippen molar-refractivity contribution in [3.05, 3.63) is 97.9 Å². The van der Waals surface area contributed by atoms with Crippen LogP contribution in [0.4, 0.5) is 5.69 Å². The molecule has 3 aromatic rings. The van der Waals surface area contributed by atoms with Crippen LogP contribution in [0.2, 0.25) is 20.1 Å². The molecule has 0 aliphatic carbocycles. The summed E-state index contributed by atoms with van der Waals surface area (Å²) in [5, 5.41) is 3.63. The number of carbonyl (C=O) groups excluding carboxylic acids is 2. The van der Waals surface area contributed by atoms with Gasteiger partial charge in [-0.1, -0.05) is 88.9 Å². The highest BCUT2D eigenvalue weighted by Crippen LogP contribution is 2.34. The number of anilines is 1. The highest BCUT2D eigenvalue weighted by Gasteiger charge is 2.35. The van der Waals surface area contributed by atoms with Crippen molar-refractivity contribution in [2.45, 2.75) is 45.3 Å². The van der Waals surface area contributed by atoms with Crippen molar-refractivity contribution in [1.29, 1.82) is 0 Å². The van der Waals surface area contributed by atoms with Crippen molar-refractivity contribution in [2.75, 3.05) is 17.1 Å². The van der Waals surface area contributed by atoms with Gasteiger partial charge in [-0.05, 0) is 50.6 Å². The zero-order valence-corrected chi connectivity index (χ0v) is 26.8. The van der Waals surface area contributed by atoms with Crippen molar-refractivity contribution >= 4 is 73.9 Å². The summed E-state index contributed by atoms with van der Waals surface area (Å²) >= 11 is 25.5. The van der Waals surface area contributed by atoms with E-state index in [-0.39, 0.29) is 28.7 Å². The van der Waals surface area contributed by atoms with Gasteiger partial charge in [-0.15, -0.1) is 0 Å². The first-order valence-corrected chi connectivity index (χ1v) is 15.9. The van der Waals surface area contributed by atoms with E-state index in [9.17, 15) is 18.0 Å². The SMILES string of the molecule is CC(C)(C)NC(=O)C(Cc1ccccc1)N(Cc1c(Cl)cccc1Cl)C(=O)CN(c1cccc(Cl)c1Cl)S(C)(=O)=O. The number of sulfonamides is 1. The van der Waals surface area contributed by atoms with Crippen LogP contribution in [0, 0.1) is 0 Å². The van der Waals surface area contributed by atoms with E-state index in [4.69, 9.17) is 46.4 Å². The van der Waals surface area contributed by atoms with Gasteiger partial charge in [0.2, 0.25) is 21.8 Å². The monoisotopic (exact) mass is 657 g/mol. The van der Waals surface area contributed by atoms with Crippen molar-refractivity contribution in [3.63, 3.8) is 0 Å². The minimum Gasteiger partial charge on any atom is -0.350 e. The number of rotatable bonds is 10. The molecule has 0 saturated heterocycles. The summed E-state index contributed by atoms with van der Waals surface area (Å²) < 4.78 is 26.7. The Hall–Kier alpha value is -2.49. The van der Waals surface area contributed by atoms with Gasteiger partial charge in [0.15, 0.2) is 0 Å². The molecule has 41 heavy (non-hydrogen) atoms. The molecule has 0 aromatic heterocycles. The summed E-state index contributed by atoms with van der Waals surface area (Å²) in [5.41, 5.74) is 0.625. The van der Waals surface area contributed by atoms with Crippen LogP contribution in [0.5, 0.6) is 0 Å². The Kier molecular flexibility index (Phi) is 11.0. The molecule has 0 spiro atoms. The zero-order chi connectivity index (χ0) is 30.5. The maximum atomic E-state index is 14.2. The van der Waals surface area contributed by atoms with Gasteiger partial charge in [-0.2, -0.15) is 0 Å². The molecule has 0 aliphatic rings. The molecule has 1 atom stereocenters. The van der Waals surface area contributed by atoms with Crippen LogP contribution >= 0.6 is 46.4 Å². The third kappa shape index (κ3) is 9.00. The number of nitrogens with one attached hydrogen (secondary N) is 1. The molecule has 7 nitrogen and oxygen atoms in total. The number of hydrogen-bond acceptors (Lipinski definition) is 4. The van der Waals surface area contributed by atoms with Crippen molar-refractivity contribution in [3.8, 4) is 0 Å². The van der Waals surface area contributed by atoms with Gasteiger partial charge in [0.1, 0.15) is 12.6 Å². The maximum Gasteiger partial charge on any atom is 0.244 e. The lowest BCUT2D eigenvalue weighted by Gasteiger charge is -2.35. The first-order valence-electron chi connectivity index (χ1n) is 12.6. The molecule has 0 heterocycles. The first-order chi connectivity index (χ1) is 19.1. The third-order valence-electron chi connectivity index (χ3n) is 6.04. The van der Waals surface area contributed by atoms with Crippen LogP contribution in [-0.2, 0) is 32.6 Å². The summed E-state index contributed by atoms with van der Waals surface area (Å²) in [4.78, 5) is 29.3. The Labute approximate surface area is 261 Å². The highest BCUT2D eigenvalue weighted by atomic mass is 35.5. The average Bonchev–Trinajstić information content (AvgIpc) is 2.87. The van der Waals surface area contributed by atoms with E-state index in [1.165, 1.54) is 23.1 Å². The van der Waals surface area contributed by atoms with E-state index in [2.05, 4.69) is 5.32 Å². The fraction of sp³-hybridized carbons (Fsp3) is 0.310. The molecule has 1 unspecified atom stereocenters. The molecular weight excluding hydrogens is 628 g/mol. The number of halogens is 4. The van der Waals surface area contributed by atoms with E-state index in [0.717, 1.165) is 16.1 Å². The average molecular weight is 659 g/mol. The van der Waals surface area contributed by atoms with Gasteiger partial charge < -0.3 is 10.2 Å². The largest absolute Gasteiger partial charge is 0.350 e. The van der Waals surface area contributed by atoms with E-state index in [1.54, 1.807) is 18.2 Å². The molecule has 220 valence electrons. The number of benzene rings is 3. The van der Waals surface area contributed by atoms with Crippen molar-refractivity contribution in [2.24, 2.45) is 0 Å². The Bertz CT molecular complexity index is 1490. The quantitative estimate of drug-likeness (QED) is 0.265. The topological polar surface area (TPSA) is 86.8 Å². The molecule has 2 amide bonds. The van der Waals surface area contributed by atoms with Crippen LogP contribution in [-0.4, -0.2) is 49.5 Å². The number of nitrogens with zero attached hydrogens (tertiary/aromatic N) is 2. The minimum atomic E-state index is -4.02. The number of hydrogen-bond donors (Lipinski definition) is 1. The second-order valence-electron chi connectivity index (χ2n) is 10.5. The molecule has 12 heteroatoms. The van der Waals surface area contributed by atoms with E-state index in [0.29, 0.717) is 15.6 Å². The second kappa shape index (κ2) is 13.7. The normalized spacial score (nSPS) is 12.5. The Morgan fingerprint density at radius 2 is 1.41 bits per heavy atom. The standard InChI is InChI=1S/C29H31Cl4N3O4S/c1-29(2,3)34-28(38)25(16-19-10-6-5-7-11-19)35(17-20-21(30)12-8-13-22(20)31)26(37)18-36(41(4,39)40)24-15-9-14-23(32)27(24)33/h5-15,25H,16-18H2,1-4H3,(H,34,38). The molecule has 0 saturated carbocycles. The molecule has 1 N–H and O–H groups in total. The lowest BCUT2D eigenvalue weighted by molar-refractivity contribution is -0.140. The first kappa shape index (κ1) is 33.0. The van der Waals surface area contributed by atoms with Gasteiger partial charge in [-0.3, -0.25) is 13.9 Å². The predicted molar refractivity (Wildman–Crippen MR) is 167 cm³/mol. The number of carbonyl (C=O) groups is 2. The van der Waals surface area contributed by atoms with E-state index < -0.39 is 40.0 Å². The predicted octanol–water partition coefficient (Wildman–Crippen LogP) is 6.62. The third-order valence-corrected chi connectivity index (χ3v) is 8.68.